The highest BCUT2D eigenvalue weighted by molar-refractivity contribution is 7.65. The highest BCUT2D eigenvalue weighted by Crippen LogP contribution is 2.51. The van der Waals surface area contributed by atoms with E-state index in [0.717, 1.165) is 0 Å². The maximum Gasteiger partial charge on any atom is 0.326 e. The molecule has 0 saturated carbocycles. The molecule has 0 heterocycles. The molecule has 0 saturated heterocycles. The van der Waals surface area contributed by atoms with Gasteiger partial charge in [-0.05, 0) is 19.8 Å². The van der Waals surface area contributed by atoms with Gasteiger partial charge in [0.15, 0.2) is 5.66 Å². The van der Waals surface area contributed by atoms with E-state index >= 15 is 0 Å². The second kappa shape index (κ2) is 7.92. The molecule has 0 rings (SSSR count). The first-order valence-corrected chi connectivity index (χ1v) is 7.61. The molecule has 0 aliphatic carbocycles. The standard InChI is InChI=1S/C13H19O3P/c1-4-7-10-17(16,11-8-5-2)12(9-6-3)13(14)15/h4-5,12H,1-2,7-8,10-11H2,3H3,(H,14,15). The Kier molecular flexibility index (Phi) is 7.34. The number of hydrogen-bond donors (Lipinski definition) is 1. The molecule has 4 heteroatoms. The molecule has 0 aromatic rings. The minimum absolute atomic E-state index is 0.343. The number of aliphatic carboxylic acids is 1. The topological polar surface area (TPSA) is 54.4 Å². The van der Waals surface area contributed by atoms with Crippen molar-refractivity contribution in [1.82, 2.24) is 0 Å². The van der Waals surface area contributed by atoms with Gasteiger partial charge < -0.3 is 9.67 Å². The summed E-state index contributed by atoms with van der Waals surface area (Å²) in [5.74, 6) is 4.01. The third-order valence-corrected chi connectivity index (χ3v) is 5.73. The van der Waals surface area contributed by atoms with E-state index in [9.17, 15) is 9.36 Å². The summed E-state index contributed by atoms with van der Waals surface area (Å²) in [4.78, 5) is 11.1. The fraction of sp³-hybridized carbons (Fsp3) is 0.462. The summed E-state index contributed by atoms with van der Waals surface area (Å²) < 4.78 is 12.7. The predicted molar refractivity (Wildman–Crippen MR) is 71.8 cm³/mol. The summed E-state index contributed by atoms with van der Waals surface area (Å²) in [6, 6.07) is 0. The molecular weight excluding hydrogens is 235 g/mol. The zero-order chi connectivity index (χ0) is 13.3. The fourth-order valence-corrected chi connectivity index (χ4v) is 4.25. The number of carboxylic acids is 1. The van der Waals surface area contributed by atoms with Crippen LogP contribution in [0.3, 0.4) is 0 Å². The Balaban J connectivity index is 5.13. The number of allylic oxidation sites excluding steroid dienone is 2. The fourth-order valence-electron chi connectivity index (χ4n) is 1.51. The molecule has 0 aromatic carbocycles. The third kappa shape index (κ3) is 5.06. The summed E-state index contributed by atoms with van der Waals surface area (Å²) in [5.41, 5.74) is -1.06. The van der Waals surface area contributed by atoms with Gasteiger partial charge in [0.25, 0.3) is 0 Å². The third-order valence-electron chi connectivity index (χ3n) is 2.41. The van der Waals surface area contributed by atoms with Crippen LogP contribution in [0.25, 0.3) is 0 Å². The first kappa shape index (κ1) is 15.7. The van der Waals surface area contributed by atoms with E-state index < -0.39 is 18.8 Å². The lowest BCUT2D eigenvalue weighted by Crippen LogP contribution is -2.22. The lowest BCUT2D eigenvalue weighted by molar-refractivity contribution is -0.135. The monoisotopic (exact) mass is 254 g/mol. The molecule has 0 amide bonds. The molecule has 0 aliphatic rings. The van der Waals surface area contributed by atoms with E-state index in [0.29, 0.717) is 25.2 Å². The van der Waals surface area contributed by atoms with E-state index in [1.165, 1.54) is 0 Å². The van der Waals surface area contributed by atoms with Gasteiger partial charge in [0.2, 0.25) is 0 Å². The Morgan fingerprint density at radius 1 is 1.35 bits per heavy atom. The Labute approximate surface area is 103 Å². The maximum absolute atomic E-state index is 12.7. The summed E-state index contributed by atoms with van der Waals surface area (Å²) in [5, 5.41) is 9.11. The van der Waals surface area contributed by atoms with E-state index in [-0.39, 0.29) is 0 Å². The van der Waals surface area contributed by atoms with Gasteiger partial charge in [0.05, 0.1) is 0 Å². The van der Waals surface area contributed by atoms with Crippen LogP contribution >= 0.6 is 7.14 Å². The average molecular weight is 254 g/mol. The average Bonchev–Trinajstić information content (AvgIpc) is 2.30. The lowest BCUT2D eigenvalue weighted by Gasteiger charge is -2.20. The van der Waals surface area contributed by atoms with Crippen molar-refractivity contribution < 1.29 is 14.5 Å². The van der Waals surface area contributed by atoms with Crippen LogP contribution in [0.4, 0.5) is 0 Å². The smallest absolute Gasteiger partial charge is 0.326 e. The molecule has 0 fully saturated rings. The minimum Gasteiger partial charge on any atom is -0.480 e. The van der Waals surface area contributed by atoms with Gasteiger partial charge in [0.1, 0.15) is 7.14 Å². The van der Waals surface area contributed by atoms with Crippen molar-refractivity contribution in [2.45, 2.75) is 25.4 Å². The predicted octanol–water partition coefficient (Wildman–Crippen LogP) is 2.98. The molecule has 0 spiro atoms. The van der Waals surface area contributed by atoms with Crippen LogP contribution in [-0.4, -0.2) is 29.1 Å². The zero-order valence-electron chi connectivity index (χ0n) is 10.2. The Morgan fingerprint density at radius 2 is 1.82 bits per heavy atom. The van der Waals surface area contributed by atoms with Crippen molar-refractivity contribution in [3.63, 3.8) is 0 Å². The quantitative estimate of drug-likeness (QED) is 0.411. The van der Waals surface area contributed by atoms with Crippen molar-refractivity contribution in [2.24, 2.45) is 0 Å². The molecule has 1 unspecified atom stereocenters. The molecule has 1 atom stereocenters. The second-order valence-electron chi connectivity index (χ2n) is 3.69. The van der Waals surface area contributed by atoms with Crippen molar-refractivity contribution in [3.05, 3.63) is 25.3 Å². The Morgan fingerprint density at radius 3 is 2.12 bits per heavy atom. The van der Waals surface area contributed by atoms with Gasteiger partial charge in [-0.2, -0.15) is 0 Å². The molecule has 17 heavy (non-hydrogen) atoms. The van der Waals surface area contributed by atoms with Crippen LogP contribution in [0, 0.1) is 11.8 Å². The molecule has 0 radical (unpaired) electrons. The Bertz CT molecular complexity index is 371. The van der Waals surface area contributed by atoms with Gasteiger partial charge in [-0.1, -0.05) is 18.1 Å². The van der Waals surface area contributed by atoms with Crippen molar-refractivity contribution >= 4 is 13.1 Å². The van der Waals surface area contributed by atoms with Gasteiger partial charge in [0, 0.05) is 12.3 Å². The van der Waals surface area contributed by atoms with Crippen LogP contribution < -0.4 is 0 Å². The molecule has 94 valence electrons. The normalized spacial score (nSPS) is 12.1. The maximum atomic E-state index is 12.7. The summed E-state index contributed by atoms with van der Waals surface area (Å²) >= 11 is 0. The van der Waals surface area contributed by atoms with E-state index in [1.807, 2.05) is 0 Å². The zero-order valence-corrected chi connectivity index (χ0v) is 11.1. The SMILES string of the molecule is C=CCCP(=O)(CCC=C)C(C#CC)C(=O)O. The summed E-state index contributed by atoms with van der Waals surface area (Å²) in [7, 11) is -2.85. The van der Waals surface area contributed by atoms with E-state index in [4.69, 9.17) is 5.11 Å². The van der Waals surface area contributed by atoms with Gasteiger partial charge in [-0.15, -0.1) is 19.1 Å². The largest absolute Gasteiger partial charge is 0.480 e. The van der Waals surface area contributed by atoms with Crippen LogP contribution in [0.15, 0.2) is 25.3 Å². The second-order valence-corrected chi connectivity index (χ2v) is 7.00. The van der Waals surface area contributed by atoms with E-state index in [2.05, 4.69) is 25.0 Å². The van der Waals surface area contributed by atoms with Crippen LogP contribution in [0.2, 0.25) is 0 Å². The summed E-state index contributed by atoms with van der Waals surface area (Å²) in [6.45, 7) is 8.70. The van der Waals surface area contributed by atoms with Crippen molar-refractivity contribution in [2.75, 3.05) is 12.3 Å². The molecular formula is C13H19O3P. The van der Waals surface area contributed by atoms with Crippen molar-refractivity contribution in [1.29, 1.82) is 0 Å². The van der Waals surface area contributed by atoms with Crippen LogP contribution in [0.5, 0.6) is 0 Å². The first-order chi connectivity index (χ1) is 8.01. The first-order valence-electron chi connectivity index (χ1n) is 5.46. The highest BCUT2D eigenvalue weighted by atomic mass is 31.2. The number of hydrogen-bond acceptors (Lipinski definition) is 2. The number of rotatable bonds is 8. The van der Waals surface area contributed by atoms with Crippen LogP contribution in [-0.2, 0) is 9.36 Å². The number of carbonyl (C=O) groups is 1. The van der Waals surface area contributed by atoms with Crippen molar-refractivity contribution in [3.8, 4) is 11.8 Å². The molecule has 3 nitrogen and oxygen atoms in total. The lowest BCUT2D eigenvalue weighted by atomic mass is 10.4. The van der Waals surface area contributed by atoms with Crippen LogP contribution in [0.1, 0.15) is 19.8 Å². The number of carboxylic acid groups (broad SMARTS) is 1. The molecule has 0 aliphatic heterocycles. The van der Waals surface area contributed by atoms with Gasteiger partial charge >= 0.3 is 5.97 Å². The van der Waals surface area contributed by atoms with E-state index in [1.54, 1.807) is 19.1 Å². The molecule has 1 N–H and O–H groups in total. The highest BCUT2D eigenvalue weighted by Gasteiger charge is 2.35. The Hall–Kier alpha value is -1.26. The van der Waals surface area contributed by atoms with Gasteiger partial charge in [-0.25, -0.2) is 0 Å². The molecule has 0 aromatic heterocycles. The summed E-state index contributed by atoms with van der Waals surface area (Å²) in [6.07, 6.45) is 5.08. The molecule has 0 bridgehead atoms. The van der Waals surface area contributed by atoms with Gasteiger partial charge in [-0.3, -0.25) is 4.79 Å². The minimum atomic E-state index is -2.85.